The lowest BCUT2D eigenvalue weighted by Gasteiger charge is -2.19. The number of hydrogen-bond donors (Lipinski definition) is 2. The van der Waals surface area contributed by atoms with Crippen LogP contribution in [-0.2, 0) is 14.4 Å². The van der Waals surface area contributed by atoms with Gasteiger partial charge in [0.15, 0.2) is 0 Å². The van der Waals surface area contributed by atoms with Crippen LogP contribution in [0.15, 0.2) is 0 Å². The molecule has 0 atom stereocenters. The third kappa shape index (κ3) is 7.10. The van der Waals surface area contributed by atoms with Crippen molar-refractivity contribution in [3.8, 4) is 0 Å². The summed E-state index contributed by atoms with van der Waals surface area (Å²) in [5.74, 6) is -2.12. The van der Waals surface area contributed by atoms with E-state index < -0.39 is 18.4 Å². The minimum absolute atomic E-state index is 0.151. The number of aliphatic carboxylic acids is 1. The number of thioether (sulfide) groups is 1. The Morgan fingerprint density at radius 2 is 1.88 bits per heavy atom. The molecule has 0 aliphatic carbocycles. The Morgan fingerprint density at radius 1 is 1.31 bits per heavy atom. The van der Waals surface area contributed by atoms with Gasteiger partial charge >= 0.3 is 5.97 Å². The number of hydrogen-bond acceptors (Lipinski definition) is 4. The Bertz CT molecular complexity index is 265. The van der Waals surface area contributed by atoms with Crippen LogP contribution in [0.3, 0.4) is 0 Å². The highest BCUT2D eigenvalue weighted by Crippen LogP contribution is 2.09. The van der Waals surface area contributed by atoms with Crippen molar-refractivity contribution >= 4 is 29.5 Å². The van der Waals surface area contributed by atoms with Gasteiger partial charge in [-0.1, -0.05) is 13.8 Å². The van der Waals surface area contributed by atoms with Crippen LogP contribution in [0.2, 0.25) is 0 Å². The van der Waals surface area contributed by atoms with E-state index in [-0.39, 0.29) is 23.5 Å². The van der Waals surface area contributed by atoms with Crippen LogP contribution in [0.5, 0.6) is 0 Å². The number of nitrogens with two attached hydrogens (primary N) is 1. The molecule has 0 saturated carbocycles. The molecule has 2 amide bonds. The lowest BCUT2D eigenvalue weighted by atomic mass is 10.4. The van der Waals surface area contributed by atoms with E-state index in [0.29, 0.717) is 0 Å². The summed E-state index contributed by atoms with van der Waals surface area (Å²) in [6, 6.07) is 0. The highest BCUT2D eigenvalue weighted by atomic mass is 32.2. The number of amides is 2. The highest BCUT2D eigenvalue weighted by molar-refractivity contribution is 8.00. The molecule has 0 aromatic heterocycles. The summed E-state index contributed by atoms with van der Waals surface area (Å²) in [5.41, 5.74) is 4.93. The maximum absolute atomic E-state index is 11.6. The predicted octanol–water partition coefficient (Wildman–Crippen LogP) is -0.473. The fourth-order valence-corrected chi connectivity index (χ4v) is 1.57. The third-order valence-electron chi connectivity index (χ3n) is 1.57. The van der Waals surface area contributed by atoms with Crippen LogP contribution in [0, 0.1) is 0 Å². The molecule has 0 rings (SSSR count). The molecule has 0 aliphatic rings. The normalized spacial score (nSPS) is 10.2. The van der Waals surface area contributed by atoms with E-state index in [4.69, 9.17) is 10.8 Å². The van der Waals surface area contributed by atoms with Gasteiger partial charge in [-0.3, -0.25) is 14.4 Å². The Balaban J connectivity index is 4.31. The molecule has 0 fully saturated rings. The molecular formula is C9H16N2O4S. The second-order valence-electron chi connectivity index (χ2n) is 3.47. The van der Waals surface area contributed by atoms with Gasteiger partial charge in [0.2, 0.25) is 11.8 Å². The molecule has 0 heterocycles. The van der Waals surface area contributed by atoms with E-state index in [1.54, 1.807) is 0 Å². The number of primary amides is 1. The maximum atomic E-state index is 11.6. The summed E-state index contributed by atoms with van der Waals surface area (Å²) in [6.45, 7) is 2.99. The van der Waals surface area contributed by atoms with Gasteiger partial charge in [0, 0.05) is 0 Å². The fourth-order valence-electron chi connectivity index (χ4n) is 0.913. The van der Waals surface area contributed by atoms with Crippen LogP contribution >= 0.6 is 11.8 Å². The largest absolute Gasteiger partial charge is 0.480 e. The summed E-state index contributed by atoms with van der Waals surface area (Å²) >= 11 is 1.39. The van der Waals surface area contributed by atoms with Gasteiger partial charge in [-0.15, -0.1) is 11.8 Å². The molecule has 6 nitrogen and oxygen atoms in total. The van der Waals surface area contributed by atoms with Crippen molar-refractivity contribution in [2.75, 3.05) is 18.8 Å². The van der Waals surface area contributed by atoms with E-state index in [9.17, 15) is 14.4 Å². The monoisotopic (exact) mass is 248 g/mol. The number of carbonyl (C=O) groups excluding carboxylic acids is 2. The highest BCUT2D eigenvalue weighted by Gasteiger charge is 2.18. The summed E-state index contributed by atoms with van der Waals surface area (Å²) in [7, 11) is 0. The zero-order valence-corrected chi connectivity index (χ0v) is 10.1. The van der Waals surface area contributed by atoms with E-state index in [1.807, 2.05) is 13.8 Å². The number of carboxylic acid groups (broad SMARTS) is 1. The molecule has 0 aromatic carbocycles. The lowest BCUT2D eigenvalue weighted by Crippen LogP contribution is -2.42. The van der Waals surface area contributed by atoms with Gasteiger partial charge in [0.05, 0.1) is 12.3 Å². The van der Waals surface area contributed by atoms with Crippen molar-refractivity contribution in [1.82, 2.24) is 4.90 Å². The number of rotatable bonds is 7. The molecule has 0 bridgehead atoms. The number of nitrogens with zero attached hydrogens (tertiary/aromatic N) is 1. The average molecular weight is 248 g/mol. The van der Waals surface area contributed by atoms with E-state index >= 15 is 0 Å². The molecule has 0 saturated heterocycles. The first kappa shape index (κ1) is 14.8. The van der Waals surface area contributed by atoms with Crippen molar-refractivity contribution in [2.24, 2.45) is 5.73 Å². The van der Waals surface area contributed by atoms with E-state index in [2.05, 4.69) is 0 Å². The first-order valence-corrected chi connectivity index (χ1v) is 5.77. The van der Waals surface area contributed by atoms with Gasteiger partial charge in [-0.05, 0) is 5.25 Å². The molecule has 3 N–H and O–H groups in total. The summed E-state index contributed by atoms with van der Waals surface area (Å²) in [6.07, 6.45) is 0. The van der Waals surface area contributed by atoms with Gasteiger partial charge in [-0.25, -0.2) is 0 Å². The Hall–Kier alpha value is -1.24. The summed E-state index contributed by atoms with van der Waals surface area (Å²) in [4.78, 5) is 33.6. The minimum atomic E-state index is -1.16. The lowest BCUT2D eigenvalue weighted by molar-refractivity contribution is -0.144. The van der Waals surface area contributed by atoms with Crippen LogP contribution in [0.4, 0.5) is 0 Å². The quantitative estimate of drug-likeness (QED) is 0.634. The molecular weight excluding hydrogens is 232 g/mol. The first-order valence-electron chi connectivity index (χ1n) is 4.72. The van der Waals surface area contributed by atoms with Crippen LogP contribution < -0.4 is 5.73 Å². The second kappa shape index (κ2) is 7.10. The molecule has 0 aliphatic heterocycles. The molecule has 7 heteroatoms. The zero-order valence-electron chi connectivity index (χ0n) is 9.30. The molecule has 0 spiro atoms. The minimum Gasteiger partial charge on any atom is -0.480 e. The van der Waals surface area contributed by atoms with Crippen molar-refractivity contribution in [1.29, 1.82) is 0 Å². The first-order chi connectivity index (χ1) is 7.32. The van der Waals surface area contributed by atoms with Crippen molar-refractivity contribution in [2.45, 2.75) is 19.1 Å². The van der Waals surface area contributed by atoms with Gasteiger partial charge in [0.1, 0.15) is 6.54 Å². The Kier molecular flexibility index (Phi) is 6.55. The average Bonchev–Trinajstić information content (AvgIpc) is 2.11. The van der Waals surface area contributed by atoms with E-state index in [0.717, 1.165) is 4.90 Å². The second-order valence-corrected chi connectivity index (χ2v) is 5.03. The number of carbonyl (C=O) groups is 3. The maximum Gasteiger partial charge on any atom is 0.323 e. The molecule has 0 radical (unpaired) electrons. The third-order valence-corrected chi connectivity index (χ3v) is 2.65. The number of carboxylic acids is 1. The SMILES string of the molecule is CC(C)SCC(=O)N(CC(N)=O)CC(=O)O. The van der Waals surface area contributed by atoms with Crippen LogP contribution in [0.1, 0.15) is 13.8 Å². The van der Waals surface area contributed by atoms with Gasteiger partial charge in [-0.2, -0.15) is 0 Å². The molecule has 0 unspecified atom stereocenters. The smallest absolute Gasteiger partial charge is 0.323 e. The molecule has 0 aromatic rings. The Labute approximate surface area is 98.2 Å². The Morgan fingerprint density at radius 3 is 2.25 bits per heavy atom. The summed E-state index contributed by atoms with van der Waals surface area (Å²) in [5, 5.41) is 8.84. The molecule has 92 valence electrons. The molecule has 16 heavy (non-hydrogen) atoms. The van der Waals surface area contributed by atoms with Crippen molar-refractivity contribution in [3.05, 3.63) is 0 Å². The standard InChI is InChI=1S/C9H16N2O4S/c1-6(2)16-5-8(13)11(3-7(10)12)4-9(14)15/h6H,3-5H2,1-2H3,(H2,10,12)(H,14,15). The summed E-state index contributed by atoms with van der Waals surface area (Å²) < 4.78 is 0. The fraction of sp³-hybridized carbons (Fsp3) is 0.667. The topological polar surface area (TPSA) is 101 Å². The van der Waals surface area contributed by atoms with Crippen molar-refractivity contribution in [3.63, 3.8) is 0 Å². The van der Waals surface area contributed by atoms with Crippen LogP contribution in [0.25, 0.3) is 0 Å². The van der Waals surface area contributed by atoms with Crippen molar-refractivity contribution < 1.29 is 19.5 Å². The zero-order chi connectivity index (χ0) is 12.7. The van der Waals surface area contributed by atoms with Gasteiger partial charge < -0.3 is 15.7 Å². The van der Waals surface area contributed by atoms with Crippen LogP contribution in [-0.4, -0.2) is 51.9 Å². The predicted molar refractivity (Wildman–Crippen MR) is 61.0 cm³/mol. The van der Waals surface area contributed by atoms with E-state index in [1.165, 1.54) is 11.8 Å². The van der Waals surface area contributed by atoms with Gasteiger partial charge in [0.25, 0.3) is 0 Å².